The van der Waals surface area contributed by atoms with Gasteiger partial charge in [-0.05, 0) is 11.5 Å². The van der Waals surface area contributed by atoms with Crippen LogP contribution in [0.4, 0.5) is 17.6 Å². The number of halogens is 4. The van der Waals surface area contributed by atoms with E-state index >= 15 is 0 Å². The monoisotopic (exact) mass is 340 g/mol. The minimum atomic E-state index is -2.19. The normalized spacial score (nSPS) is 12.0. The molecule has 0 amide bonds. The Bertz CT molecular complexity index is 803. The van der Waals surface area contributed by atoms with Gasteiger partial charge in [-0.25, -0.2) is 22.4 Å². The first-order chi connectivity index (χ1) is 11.3. The largest absolute Gasteiger partial charge is 0.477 e. The second-order valence-electron chi connectivity index (χ2n) is 5.25. The van der Waals surface area contributed by atoms with Crippen LogP contribution in [-0.2, 0) is 0 Å². The predicted octanol–water partition coefficient (Wildman–Crippen LogP) is 4.32. The Labute approximate surface area is 134 Å². The van der Waals surface area contributed by atoms with Gasteiger partial charge in [0, 0.05) is 6.42 Å². The van der Waals surface area contributed by atoms with Crippen LogP contribution >= 0.6 is 0 Å². The van der Waals surface area contributed by atoms with Gasteiger partial charge in [0.25, 0.3) is 0 Å². The summed E-state index contributed by atoms with van der Waals surface area (Å²) in [6.45, 7) is 1.61. The Kier molecular flexibility index (Phi) is 5.02. The zero-order chi connectivity index (χ0) is 18.0. The molecule has 0 radical (unpaired) electrons. The summed E-state index contributed by atoms with van der Waals surface area (Å²) < 4.78 is 54.8. The van der Waals surface area contributed by atoms with Gasteiger partial charge in [0.2, 0.25) is 0 Å². The maximum atomic E-state index is 14.1. The second-order valence-corrected chi connectivity index (χ2v) is 5.25. The number of aromatic carboxylic acids is 1. The van der Waals surface area contributed by atoms with Gasteiger partial charge in [-0.3, -0.25) is 4.79 Å². The highest BCUT2D eigenvalue weighted by atomic mass is 19.2. The molecular formula is C17H12F4O3. The van der Waals surface area contributed by atoms with Crippen molar-refractivity contribution in [3.63, 3.8) is 0 Å². The van der Waals surface area contributed by atoms with Gasteiger partial charge in [0.15, 0.2) is 29.1 Å². The van der Waals surface area contributed by atoms with Crippen molar-refractivity contribution in [1.82, 2.24) is 0 Å². The van der Waals surface area contributed by atoms with Crippen LogP contribution in [0.3, 0.4) is 0 Å². The number of hydrogen-bond acceptors (Lipinski definition) is 2. The molecule has 0 aliphatic heterocycles. The number of benzene rings is 2. The summed E-state index contributed by atoms with van der Waals surface area (Å²) in [7, 11) is 0. The van der Waals surface area contributed by atoms with Crippen molar-refractivity contribution in [2.75, 3.05) is 0 Å². The van der Waals surface area contributed by atoms with Crippen molar-refractivity contribution in [2.24, 2.45) is 0 Å². The first kappa shape index (κ1) is 17.7. The van der Waals surface area contributed by atoms with Gasteiger partial charge in [-0.2, -0.15) is 0 Å². The topological polar surface area (TPSA) is 54.4 Å². The van der Waals surface area contributed by atoms with E-state index in [0.717, 1.165) is 0 Å². The van der Waals surface area contributed by atoms with Crippen LogP contribution in [0, 0.1) is 23.3 Å². The van der Waals surface area contributed by atoms with E-state index in [9.17, 15) is 27.2 Å². The summed E-state index contributed by atoms with van der Waals surface area (Å²) in [4.78, 5) is 23.0. The third-order valence-corrected chi connectivity index (χ3v) is 3.62. The molecule has 0 heterocycles. The third-order valence-electron chi connectivity index (χ3n) is 3.62. The average molecular weight is 340 g/mol. The van der Waals surface area contributed by atoms with Crippen LogP contribution < -0.4 is 0 Å². The molecule has 2 aromatic carbocycles. The number of carbonyl (C=O) groups excluding carboxylic acids is 1. The fraction of sp³-hybridized carbons (Fsp3) is 0.176. The Morgan fingerprint density at radius 1 is 0.917 bits per heavy atom. The van der Waals surface area contributed by atoms with Gasteiger partial charge in [-0.1, -0.05) is 37.3 Å². The Balaban J connectivity index is 2.45. The molecule has 0 saturated carbocycles. The number of carboxylic acids is 1. The van der Waals surface area contributed by atoms with Crippen LogP contribution in [0.25, 0.3) is 0 Å². The highest BCUT2D eigenvalue weighted by Gasteiger charge is 2.32. The maximum absolute atomic E-state index is 14.1. The first-order valence-corrected chi connectivity index (χ1v) is 6.93. The van der Waals surface area contributed by atoms with Crippen molar-refractivity contribution in [3.05, 3.63) is 70.3 Å². The molecule has 2 aromatic rings. The molecule has 0 bridgehead atoms. The van der Waals surface area contributed by atoms with Crippen LogP contribution in [-0.4, -0.2) is 16.9 Å². The van der Waals surface area contributed by atoms with Gasteiger partial charge >= 0.3 is 5.97 Å². The molecule has 1 atom stereocenters. The van der Waals surface area contributed by atoms with E-state index in [1.807, 2.05) is 0 Å². The molecule has 126 valence electrons. The lowest BCUT2D eigenvalue weighted by Gasteiger charge is -2.13. The number of hydrogen-bond donors (Lipinski definition) is 1. The number of carboxylic acid groups (broad SMARTS) is 1. The maximum Gasteiger partial charge on any atom is 0.341 e. The van der Waals surface area contributed by atoms with Crippen molar-refractivity contribution < 1.29 is 32.3 Å². The Morgan fingerprint density at radius 3 is 2.00 bits per heavy atom. The molecule has 2 rings (SSSR count). The molecule has 0 saturated heterocycles. The first-order valence-electron chi connectivity index (χ1n) is 6.93. The summed E-state index contributed by atoms with van der Waals surface area (Å²) >= 11 is 0. The lowest BCUT2D eigenvalue weighted by atomic mass is 9.92. The lowest BCUT2D eigenvalue weighted by molar-refractivity contribution is 0.0684. The molecule has 3 nitrogen and oxygen atoms in total. The molecule has 0 aromatic heterocycles. The minimum absolute atomic E-state index is 0.401. The van der Waals surface area contributed by atoms with Gasteiger partial charge < -0.3 is 5.11 Å². The molecule has 1 N–H and O–H groups in total. The van der Waals surface area contributed by atoms with Gasteiger partial charge in [-0.15, -0.1) is 0 Å². The van der Waals surface area contributed by atoms with Crippen molar-refractivity contribution in [1.29, 1.82) is 0 Å². The summed E-state index contributed by atoms with van der Waals surface area (Å²) in [5.74, 6) is -12.0. The fourth-order valence-corrected chi connectivity index (χ4v) is 2.35. The molecule has 0 unspecified atom stereocenters. The molecule has 24 heavy (non-hydrogen) atoms. The smallest absolute Gasteiger partial charge is 0.341 e. The molecule has 0 fully saturated rings. The predicted molar refractivity (Wildman–Crippen MR) is 77.0 cm³/mol. The number of Topliss-reactive ketones (excluding diaryl/α,β-unsaturated/α-hetero) is 1. The molecule has 0 spiro atoms. The highest BCUT2D eigenvalue weighted by Crippen LogP contribution is 2.28. The summed E-state index contributed by atoms with van der Waals surface area (Å²) in [6, 6.07) is 8.54. The van der Waals surface area contributed by atoms with Crippen LogP contribution in [0.5, 0.6) is 0 Å². The standard InChI is InChI=1S/C17H12F4O3/c1-8(9-5-3-2-4-6-9)7-10(22)11-13(18)12(17(23)24)15(20)16(21)14(11)19/h2-6,8H,7H2,1H3,(H,23,24)/t8-/m0/s1. The molecule has 0 aliphatic rings. The quantitative estimate of drug-likeness (QED) is 0.382. The van der Waals surface area contributed by atoms with E-state index < -0.39 is 58.5 Å². The molecule has 0 aliphatic carbocycles. The number of rotatable bonds is 5. The van der Waals surface area contributed by atoms with Gasteiger partial charge in [0.1, 0.15) is 5.56 Å². The fourth-order valence-electron chi connectivity index (χ4n) is 2.35. The summed E-state index contributed by atoms with van der Waals surface area (Å²) in [6.07, 6.45) is -0.401. The third kappa shape index (κ3) is 3.15. The zero-order valence-electron chi connectivity index (χ0n) is 12.4. The van der Waals surface area contributed by atoms with E-state index in [-0.39, 0.29) is 0 Å². The van der Waals surface area contributed by atoms with Crippen molar-refractivity contribution >= 4 is 11.8 Å². The van der Waals surface area contributed by atoms with Crippen LogP contribution in [0.1, 0.15) is 45.5 Å². The molecule has 7 heteroatoms. The zero-order valence-corrected chi connectivity index (χ0v) is 12.4. The Hall–Kier alpha value is -2.70. The number of carbonyl (C=O) groups is 2. The van der Waals surface area contributed by atoms with Gasteiger partial charge in [0.05, 0.1) is 5.56 Å². The minimum Gasteiger partial charge on any atom is -0.477 e. The average Bonchev–Trinajstić information content (AvgIpc) is 2.53. The van der Waals surface area contributed by atoms with E-state index in [0.29, 0.717) is 5.56 Å². The van der Waals surface area contributed by atoms with E-state index in [1.54, 1.807) is 37.3 Å². The lowest BCUT2D eigenvalue weighted by Crippen LogP contribution is -2.17. The highest BCUT2D eigenvalue weighted by molar-refractivity contribution is 6.00. The van der Waals surface area contributed by atoms with E-state index in [2.05, 4.69) is 0 Å². The van der Waals surface area contributed by atoms with Crippen LogP contribution in [0.2, 0.25) is 0 Å². The van der Waals surface area contributed by atoms with E-state index in [1.165, 1.54) is 0 Å². The second kappa shape index (κ2) is 6.82. The molecular weight excluding hydrogens is 328 g/mol. The Morgan fingerprint density at radius 2 is 1.46 bits per heavy atom. The number of ketones is 1. The van der Waals surface area contributed by atoms with E-state index in [4.69, 9.17) is 5.11 Å². The van der Waals surface area contributed by atoms with Crippen molar-refractivity contribution in [2.45, 2.75) is 19.3 Å². The summed E-state index contributed by atoms with van der Waals surface area (Å²) in [5.41, 5.74) is -2.37. The SMILES string of the molecule is C[C@@H](CC(=O)c1c(F)c(F)c(F)c(C(=O)O)c1F)c1ccccc1. The summed E-state index contributed by atoms with van der Waals surface area (Å²) in [5, 5.41) is 8.75. The van der Waals surface area contributed by atoms with Crippen LogP contribution in [0.15, 0.2) is 30.3 Å². The van der Waals surface area contributed by atoms with Crippen molar-refractivity contribution in [3.8, 4) is 0 Å².